The molecule has 80 valence electrons. The number of thiol groups is 1. The molecule has 6 N–H and O–H groups in total. The average molecular weight is 229 g/mol. The number of nitrogens with two attached hydrogens (primary N) is 2. The second-order valence-electron chi connectivity index (χ2n) is 2.17. The molecule has 0 atom stereocenters. The predicted octanol–water partition coefficient (Wildman–Crippen LogP) is -0.577. The van der Waals surface area contributed by atoms with E-state index >= 15 is 0 Å². The molecule has 13 heavy (non-hydrogen) atoms. The number of unbranched alkanes of at least 4 members (excludes halogenated alkanes) is 1. The molecule has 0 unspecified atom stereocenters. The normalized spacial score (nSPS) is 10.0. The summed E-state index contributed by atoms with van der Waals surface area (Å²) in [5, 5.41) is 6.06. The summed E-state index contributed by atoms with van der Waals surface area (Å²) < 4.78 is 28.3. The Morgan fingerprint density at radius 3 is 2.00 bits per heavy atom. The first kappa shape index (κ1) is 15.0. The first-order valence-corrected chi connectivity index (χ1v) is 5.69. The lowest BCUT2D eigenvalue weighted by atomic mass is 10.4. The summed E-state index contributed by atoms with van der Waals surface area (Å²) in [6.07, 6.45) is 1.21. The van der Waals surface area contributed by atoms with E-state index in [1.165, 1.54) is 0 Å². The van der Waals surface area contributed by atoms with Crippen LogP contribution in [-0.2, 0) is 10.1 Å². The maximum atomic E-state index is 10.0. The van der Waals surface area contributed by atoms with Gasteiger partial charge >= 0.3 is 0 Å². The van der Waals surface area contributed by atoms with E-state index in [4.69, 9.17) is 9.96 Å². The molecule has 0 aromatic heterocycles. The fourth-order valence-electron chi connectivity index (χ4n) is 0.396. The van der Waals surface area contributed by atoms with Gasteiger partial charge in [-0.15, -0.1) is 0 Å². The molecule has 0 rings (SSSR count). The van der Waals surface area contributed by atoms with Crippen LogP contribution in [-0.4, -0.2) is 30.4 Å². The smallest absolute Gasteiger partial charge is 0.264 e. The van der Waals surface area contributed by atoms with Crippen molar-refractivity contribution in [1.82, 2.24) is 0 Å². The molecule has 0 aliphatic carbocycles. The van der Waals surface area contributed by atoms with Gasteiger partial charge in [0.15, 0.2) is 5.96 Å². The topological polar surface area (TPSA) is 130 Å². The van der Waals surface area contributed by atoms with Gasteiger partial charge < -0.3 is 11.5 Å². The largest absolute Gasteiger partial charge is 0.370 e. The molecule has 0 aliphatic heterocycles. The first-order valence-electron chi connectivity index (χ1n) is 3.45. The van der Waals surface area contributed by atoms with E-state index in [1.54, 1.807) is 0 Å². The highest BCUT2D eigenvalue weighted by Crippen LogP contribution is 1.94. The van der Waals surface area contributed by atoms with Crippen LogP contribution in [0.3, 0.4) is 0 Å². The summed E-state index contributed by atoms with van der Waals surface area (Å²) in [6.45, 7) is 0. The van der Waals surface area contributed by atoms with E-state index in [2.05, 4.69) is 24.1 Å². The number of hydrogen-bond donors (Lipinski definition) is 5. The number of nitrogens with one attached hydrogen (secondary N) is 1. The third kappa shape index (κ3) is 34.2. The molecule has 6 nitrogen and oxygen atoms in total. The van der Waals surface area contributed by atoms with Crippen molar-refractivity contribution in [3.63, 3.8) is 0 Å². The highest BCUT2D eigenvalue weighted by molar-refractivity contribution is 7.85. The monoisotopic (exact) mass is 229 g/mol. The maximum Gasteiger partial charge on any atom is 0.264 e. The molecule has 0 saturated heterocycles. The fraction of sp³-hybridized carbons (Fsp3) is 0.800. The van der Waals surface area contributed by atoms with Crippen molar-refractivity contribution in [1.29, 1.82) is 5.41 Å². The summed E-state index contributed by atoms with van der Waals surface area (Å²) >= 11 is 3.87. The van der Waals surface area contributed by atoms with Gasteiger partial charge in [0.1, 0.15) is 0 Å². The van der Waals surface area contributed by atoms with Crippen molar-refractivity contribution in [2.45, 2.75) is 12.8 Å². The van der Waals surface area contributed by atoms with E-state index in [0.29, 0.717) is 12.2 Å². The van der Waals surface area contributed by atoms with Gasteiger partial charge in [0.25, 0.3) is 10.1 Å². The fourth-order valence-corrected chi connectivity index (χ4v) is 1.19. The first-order chi connectivity index (χ1) is 5.79. The Morgan fingerprint density at radius 1 is 1.38 bits per heavy atom. The standard InChI is InChI=1S/C4H10O3S2.CH5N3/c5-9(6,7)4-2-1-3-8;2-1(3)4/h8H,1-4H2,(H,5,6,7);(H5,2,3,4). The lowest BCUT2D eigenvalue weighted by molar-refractivity contribution is 0.481. The van der Waals surface area contributed by atoms with Crippen molar-refractivity contribution in [2.24, 2.45) is 11.5 Å². The molecule has 0 spiro atoms. The van der Waals surface area contributed by atoms with Crippen LogP contribution in [0.4, 0.5) is 0 Å². The van der Waals surface area contributed by atoms with Crippen molar-refractivity contribution < 1.29 is 13.0 Å². The zero-order chi connectivity index (χ0) is 10.9. The SMILES string of the molecule is N=C(N)N.O=S(=O)(O)CCCCS. The van der Waals surface area contributed by atoms with E-state index < -0.39 is 10.1 Å². The van der Waals surface area contributed by atoms with Crippen molar-refractivity contribution in [2.75, 3.05) is 11.5 Å². The van der Waals surface area contributed by atoms with Crippen LogP contribution in [0.25, 0.3) is 0 Å². The van der Waals surface area contributed by atoms with Crippen LogP contribution < -0.4 is 11.5 Å². The Balaban J connectivity index is 0. The summed E-state index contributed by atoms with van der Waals surface area (Å²) in [6, 6.07) is 0. The van der Waals surface area contributed by atoms with Gasteiger partial charge in [-0.3, -0.25) is 9.96 Å². The van der Waals surface area contributed by atoms with Crippen molar-refractivity contribution in [3.8, 4) is 0 Å². The van der Waals surface area contributed by atoms with Crippen molar-refractivity contribution >= 4 is 28.7 Å². The summed E-state index contributed by atoms with van der Waals surface area (Å²) in [5.74, 6) is 0.184. The van der Waals surface area contributed by atoms with Crippen LogP contribution in [0.1, 0.15) is 12.8 Å². The second-order valence-corrected chi connectivity index (χ2v) is 4.19. The van der Waals surface area contributed by atoms with Gasteiger partial charge in [-0.2, -0.15) is 21.0 Å². The van der Waals surface area contributed by atoms with Gasteiger partial charge in [0.2, 0.25) is 0 Å². The predicted molar refractivity (Wildman–Crippen MR) is 55.6 cm³/mol. The van der Waals surface area contributed by atoms with Crippen LogP contribution >= 0.6 is 12.6 Å². The average Bonchev–Trinajstić information content (AvgIpc) is 1.83. The van der Waals surface area contributed by atoms with Crippen LogP contribution in [0.2, 0.25) is 0 Å². The Kier molecular flexibility index (Phi) is 9.41. The third-order valence-corrected chi connectivity index (χ3v) is 1.93. The van der Waals surface area contributed by atoms with Gasteiger partial charge in [-0.1, -0.05) is 0 Å². The Labute approximate surface area is 83.4 Å². The Bertz CT molecular complexity index is 223. The molecule has 0 aliphatic rings. The molecule has 0 radical (unpaired) electrons. The van der Waals surface area contributed by atoms with Gasteiger partial charge in [0, 0.05) is 0 Å². The van der Waals surface area contributed by atoms with E-state index in [0.717, 1.165) is 6.42 Å². The third-order valence-electron chi connectivity index (χ3n) is 0.810. The summed E-state index contributed by atoms with van der Waals surface area (Å²) in [7, 11) is -3.73. The molecule has 0 aromatic carbocycles. The number of rotatable bonds is 4. The Morgan fingerprint density at radius 2 is 1.77 bits per heavy atom. The number of guanidine groups is 1. The molecule has 0 heterocycles. The molecular weight excluding hydrogens is 214 g/mol. The molecule has 0 fully saturated rings. The van der Waals surface area contributed by atoms with E-state index in [1.807, 2.05) is 0 Å². The van der Waals surface area contributed by atoms with E-state index in [9.17, 15) is 8.42 Å². The lowest BCUT2D eigenvalue weighted by Crippen LogP contribution is -2.20. The van der Waals surface area contributed by atoms with Crippen LogP contribution in [0, 0.1) is 5.41 Å². The van der Waals surface area contributed by atoms with E-state index in [-0.39, 0.29) is 11.7 Å². The quantitative estimate of drug-likeness (QED) is 0.145. The van der Waals surface area contributed by atoms with Crippen LogP contribution in [0.15, 0.2) is 0 Å². The minimum Gasteiger partial charge on any atom is -0.370 e. The minimum absolute atomic E-state index is 0.145. The number of hydrogen-bond acceptors (Lipinski definition) is 4. The van der Waals surface area contributed by atoms with Gasteiger partial charge in [-0.25, -0.2) is 0 Å². The zero-order valence-corrected chi connectivity index (χ0v) is 8.81. The summed E-state index contributed by atoms with van der Waals surface area (Å²) in [4.78, 5) is 0. The van der Waals surface area contributed by atoms with Gasteiger partial charge in [0.05, 0.1) is 5.75 Å². The minimum atomic E-state index is -3.73. The van der Waals surface area contributed by atoms with Crippen molar-refractivity contribution in [3.05, 3.63) is 0 Å². The Hall–Kier alpha value is -0.470. The molecule has 0 bridgehead atoms. The molecular formula is C5H15N3O3S2. The molecule has 0 amide bonds. The molecule has 0 saturated carbocycles. The molecule has 8 heteroatoms. The second kappa shape index (κ2) is 8.14. The maximum absolute atomic E-state index is 10.0. The molecule has 0 aromatic rings. The highest BCUT2D eigenvalue weighted by Gasteiger charge is 2.01. The van der Waals surface area contributed by atoms with Crippen LogP contribution in [0.5, 0.6) is 0 Å². The lowest BCUT2D eigenvalue weighted by Gasteiger charge is -1.92. The highest BCUT2D eigenvalue weighted by atomic mass is 32.2. The summed E-state index contributed by atoms with van der Waals surface area (Å²) in [5.41, 5.74) is 8.94. The van der Waals surface area contributed by atoms with Gasteiger partial charge in [-0.05, 0) is 18.6 Å². The zero-order valence-electron chi connectivity index (χ0n) is 7.10.